The lowest BCUT2D eigenvalue weighted by Crippen LogP contribution is -2.26. The Morgan fingerprint density at radius 2 is 2.11 bits per heavy atom. The molecule has 0 unspecified atom stereocenters. The molecule has 0 radical (unpaired) electrons. The Balaban J connectivity index is 1.92. The van der Waals surface area contributed by atoms with Gasteiger partial charge in [-0.05, 0) is 19.1 Å². The number of hydrogen-bond acceptors (Lipinski definition) is 3. The molecule has 0 spiro atoms. The molecule has 5 heteroatoms. The lowest BCUT2D eigenvalue weighted by atomic mass is 10.2. The largest absolute Gasteiger partial charge is 0.353 e. The van der Waals surface area contributed by atoms with E-state index >= 15 is 0 Å². The third-order valence-electron chi connectivity index (χ3n) is 2.84. The van der Waals surface area contributed by atoms with Crippen LogP contribution >= 0.6 is 11.3 Å². The van der Waals surface area contributed by atoms with Gasteiger partial charge in [-0.1, -0.05) is 13.8 Å². The van der Waals surface area contributed by atoms with Crippen LogP contribution in [0.5, 0.6) is 0 Å². The van der Waals surface area contributed by atoms with Crippen molar-refractivity contribution in [3.05, 3.63) is 40.1 Å². The molecule has 1 N–H and O–H groups in total. The van der Waals surface area contributed by atoms with Gasteiger partial charge in [0, 0.05) is 31.4 Å². The molecule has 0 saturated carbocycles. The molecule has 0 aliphatic rings. The minimum atomic E-state index is -0.0194. The van der Waals surface area contributed by atoms with Crippen molar-refractivity contribution < 1.29 is 4.79 Å². The van der Waals surface area contributed by atoms with E-state index in [1.165, 1.54) is 11.3 Å². The number of aryl methyl sites for hydroxylation is 1. The fraction of sp³-hybridized carbons (Fsp3) is 0.429. The molecule has 2 aromatic heterocycles. The maximum atomic E-state index is 12.1. The van der Waals surface area contributed by atoms with Gasteiger partial charge in [0.25, 0.3) is 5.91 Å². The smallest absolute Gasteiger partial charge is 0.263 e. The van der Waals surface area contributed by atoms with Gasteiger partial charge in [0.15, 0.2) is 0 Å². The van der Waals surface area contributed by atoms with Gasteiger partial charge >= 0.3 is 0 Å². The third kappa shape index (κ3) is 3.44. The quantitative estimate of drug-likeness (QED) is 0.913. The van der Waals surface area contributed by atoms with E-state index in [9.17, 15) is 4.79 Å². The molecular weight excluding hydrogens is 258 g/mol. The lowest BCUT2D eigenvalue weighted by Gasteiger charge is -2.05. The molecule has 0 atom stereocenters. The van der Waals surface area contributed by atoms with Gasteiger partial charge in [0.2, 0.25) is 0 Å². The second-order valence-corrected chi connectivity index (χ2v) is 5.83. The van der Waals surface area contributed by atoms with Crippen molar-refractivity contribution in [2.24, 2.45) is 0 Å². The second-order valence-electron chi connectivity index (χ2n) is 4.80. The molecule has 0 aliphatic carbocycles. The summed E-state index contributed by atoms with van der Waals surface area (Å²) in [6.07, 6.45) is 3.97. The van der Waals surface area contributed by atoms with Crippen molar-refractivity contribution in [2.75, 3.05) is 6.54 Å². The van der Waals surface area contributed by atoms with Crippen LogP contribution in [0.25, 0.3) is 0 Å². The Labute approximate surface area is 117 Å². The SMILES string of the molecule is Cc1nc(C(C)C)sc1C(=O)NCCn1cccc1. The van der Waals surface area contributed by atoms with Crippen LogP contribution in [0, 0.1) is 6.92 Å². The first-order valence-electron chi connectivity index (χ1n) is 6.44. The summed E-state index contributed by atoms with van der Waals surface area (Å²) in [7, 11) is 0. The molecule has 0 bridgehead atoms. The summed E-state index contributed by atoms with van der Waals surface area (Å²) in [6, 6.07) is 3.95. The van der Waals surface area contributed by atoms with Gasteiger partial charge in [-0.2, -0.15) is 0 Å². The topological polar surface area (TPSA) is 46.9 Å². The molecule has 19 heavy (non-hydrogen) atoms. The summed E-state index contributed by atoms with van der Waals surface area (Å²) in [6.45, 7) is 7.48. The summed E-state index contributed by atoms with van der Waals surface area (Å²) >= 11 is 1.49. The van der Waals surface area contributed by atoms with Crippen LogP contribution in [-0.4, -0.2) is 22.0 Å². The van der Waals surface area contributed by atoms with E-state index in [1.54, 1.807) is 0 Å². The number of hydrogen-bond donors (Lipinski definition) is 1. The minimum Gasteiger partial charge on any atom is -0.353 e. The van der Waals surface area contributed by atoms with E-state index in [-0.39, 0.29) is 5.91 Å². The van der Waals surface area contributed by atoms with Crippen molar-refractivity contribution in [3.8, 4) is 0 Å². The fourth-order valence-electron chi connectivity index (χ4n) is 1.77. The zero-order valence-electron chi connectivity index (χ0n) is 11.5. The standard InChI is InChI=1S/C14H19N3OS/c1-10(2)14-16-11(3)12(19-14)13(18)15-6-9-17-7-4-5-8-17/h4-5,7-8,10H,6,9H2,1-3H3,(H,15,18). The molecule has 102 valence electrons. The molecule has 1 amide bonds. The zero-order chi connectivity index (χ0) is 13.8. The summed E-state index contributed by atoms with van der Waals surface area (Å²) < 4.78 is 2.04. The maximum Gasteiger partial charge on any atom is 0.263 e. The summed E-state index contributed by atoms with van der Waals surface area (Å²) in [5, 5.41) is 3.96. The minimum absolute atomic E-state index is 0.0194. The van der Waals surface area contributed by atoms with E-state index in [0.29, 0.717) is 12.5 Å². The predicted molar refractivity (Wildman–Crippen MR) is 77.7 cm³/mol. The Morgan fingerprint density at radius 3 is 2.68 bits per heavy atom. The predicted octanol–water partition coefficient (Wildman–Crippen LogP) is 2.81. The highest BCUT2D eigenvalue weighted by atomic mass is 32.1. The van der Waals surface area contributed by atoms with E-state index in [0.717, 1.165) is 22.1 Å². The molecule has 2 heterocycles. The number of nitrogens with one attached hydrogen (secondary N) is 1. The fourth-order valence-corrected chi connectivity index (χ4v) is 2.76. The van der Waals surface area contributed by atoms with Crippen molar-refractivity contribution in [3.63, 3.8) is 0 Å². The van der Waals surface area contributed by atoms with Crippen LogP contribution in [0.2, 0.25) is 0 Å². The molecule has 0 fully saturated rings. The highest BCUT2D eigenvalue weighted by molar-refractivity contribution is 7.13. The highest BCUT2D eigenvalue weighted by Crippen LogP contribution is 2.24. The molecule has 4 nitrogen and oxygen atoms in total. The van der Waals surface area contributed by atoms with E-state index in [4.69, 9.17) is 0 Å². The van der Waals surface area contributed by atoms with Crippen molar-refractivity contribution in [2.45, 2.75) is 33.2 Å². The average Bonchev–Trinajstić information content (AvgIpc) is 2.98. The van der Waals surface area contributed by atoms with E-state index < -0.39 is 0 Å². The van der Waals surface area contributed by atoms with Gasteiger partial charge in [0.1, 0.15) is 4.88 Å². The normalized spacial score (nSPS) is 10.9. The summed E-state index contributed by atoms with van der Waals surface area (Å²) in [5.41, 5.74) is 0.826. The Bertz CT molecular complexity index is 543. The second kappa shape index (κ2) is 6.02. The number of aromatic nitrogens is 2. The van der Waals surface area contributed by atoms with Crippen molar-refractivity contribution >= 4 is 17.2 Å². The van der Waals surface area contributed by atoms with Crippen LogP contribution in [0.15, 0.2) is 24.5 Å². The molecular formula is C14H19N3OS. The lowest BCUT2D eigenvalue weighted by molar-refractivity contribution is 0.0955. The number of nitrogens with zero attached hydrogens (tertiary/aromatic N) is 2. The number of carbonyl (C=O) groups excluding carboxylic acids is 1. The van der Waals surface area contributed by atoms with Crippen LogP contribution < -0.4 is 5.32 Å². The van der Waals surface area contributed by atoms with Gasteiger partial charge in [-0.25, -0.2) is 4.98 Å². The van der Waals surface area contributed by atoms with Gasteiger partial charge < -0.3 is 9.88 Å². The van der Waals surface area contributed by atoms with Gasteiger partial charge in [0.05, 0.1) is 10.7 Å². The maximum absolute atomic E-state index is 12.1. The first-order valence-corrected chi connectivity index (χ1v) is 7.26. The molecule has 2 aromatic rings. The van der Waals surface area contributed by atoms with Gasteiger partial charge in [-0.3, -0.25) is 4.79 Å². The van der Waals surface area contributed by atoms with E-state index in [1.807, 2.05) is 36.0 Å². The highest BCUT2D eigenvalue weighted by Gasteiger charge is 2.16. The first-order chi connectivity index (χ1) is 9.08. The van der Waals surface area contributed by atoms with Gasteiger partial charge in [-0.15, -0.1) is 11.3 Å². The van der Waals surface area contributed by atoms with Crippen LogP contribution in [0.3, 0.4) is 0 Å². The van der Waals surface area contributed by atoms with Crippen molar-refractivity contribution in [1.29, 1.82) is 0 Å². The van der Waals surface area contributed by atoms with Crippen molar-refractivity contribution in [1.82, 2.24) is 14.9 Å². The Morgan fingerprint density at radius 1 is 1.42 bits per heavy atom. The third-order valence-corrected chi connectivity index (χ3v) is 4.29. The van der Waals surface area contributed by atoms with Crippen LogP contribution in [0.1, 0.15) is 40.1 Å². The molecule has 0 aliphatic heterocycles. The number of amides is 1. The number of carbonyl (C=O) groups is 1. The Hall–Kier alpha value is -1.62. The average molecular weight is 277 g/mol. The van der Waals surface area contributed by atoms with E-state index in [2.05, 4.69) is 24.1 Å². The van der Waals surface area contributed by atoms with Crippen LogP contribution in [-0.2, 0) is 6.54 Å². The zero-order valence-corrected chi connectivity index (χ0v) is 12.3. The number of rotatable bonds is 5. The number of thiazole rings is 1. The molecule has 2 rings (SSSR count). The Kier molecular flexibility index (Phi) is 4.37. The monoisotopic (exact) mass is 277 g/mol. The van der Waals surface area contributed by atoms with Crippen LogP contribution in [0.4, 0.5) is 0 Å². The summed E-state index contributed by atoms with van der Waals surface area (Å²) in [4.78, 5) is 17.3. The summed E-state index contributed by atoms with van der Waals surface area (Å²) in [5.74, 6) is 0.346. The first kappa shape index (κ1) is 13.8. The molecule has 0 aromatic carbocycles. The molecule has 0 saturated heterocycles.